The van der Waals surface area contributed by atoms with Crippen molar-refractivity contribution in [2.24, 2.45) is 0 Å². The van der Waals surface area contributed by atoms with Gasteiger partial charge in [-0.2, -0.15) is 0 Å². The fourth-order valence-corrected chi connectivity index (χ4v) is 4.79. The van der Waals surface area contributed by atoms with E-state index in [2.05, 4.69) is 31.3 Å². The van der Waals surface area contributed by atoms with E-state index < -0.39 is 0 Å². The average Bonchev–Trinajstić information content (AvgIpc) is 2.94. The van der Waals surface area contributed by atoms with E-state index in [1.807, 2.05) is 26.0 Å². The highest BCUT2D eigenvalue weighted by molar-refractivity contribution is 5.70. The first-order valence-corrected chi connectivity index (χ1v) is 17.4. The van der Waals surface area contributed by atoms with E-state index in [1.165, 1.54) is 89.9 Å². The van der Waals surface area contributed by atoms with Crippen LogP contribution >= 0.6 is 0 Å². The van der Waals surface area contributed by atoms with Gasteiger partial charge in [-0.3, -0.25) is 9.59 Å². The maximum atomic E-state index is 12.0. The molecule has 0 aromatic rings. The van der Waals surface area contributed by atoms with Crippen molar-refractivity contribution < 1.29 is 19.1 Å². The van der Waals surface area contributed by atoms with Crippen LogP contribution in [0.25, 0.3) is 0 Å². The molecule has 1 N–H and O–H groups in total. The quantitative estimate of drug-likeness (QED) is 0.0523. The highest BCUT2D eigenvalue weighted by atomic mass is 16.5. The van der Waals surface area contributed by atoms with Crippen LogP contribution < -0.4 is 5.32 Å². The molecule has 5 heteroatoms. The SMILES string of the molecule is CCCCCCC=CC(C)OC(=O)CCCCCCCNCCCCCCCC(=O)OC(C)C=CCCCCCC. The molecule has 2 atom stereocenters. The van der Waals surface area contributed by atoms with E-state index in [0.717, 1.165) is 51.6 Å². The molecule has 0 amide bonds. The zero-order valence-corrected chi connectivity index (χ0v) is 27.6. The van der Waals surface area contributed by atoms with Crippen molar-refractivity contribution in [1.29, 1.82) is 0 Å². The third-order valence-corrected chi connectivity index (χ3v) is 7.37. The topological polar surface area (TPSA) is 64.6 Å². The highest BCUT2D eigenvalue weighted by Gasteiger charge is 2.07. The number of carbonyl (C=O) groups is 2. The maximum absolute atomic E-state index is 12.0. The average molecular weight is 578 g/mol. The van der Waals surface area contributed by atoms with Gasteiger partial charge in [-0.05, 0) is 90.5 Å². The molecule has 0 saturated carbocycles. The van der Waals surface area contributed by atoms with Crippen molar-refractivity contribution in [3.63, 3.8) is 0 Å². The van der Waals surface area contributed by atoms with Crippen LogP contribution in [-0.2, 0) is 19.1 Å². The van der Waals surface area contributed by atoms with Gasteiger partial charge in [0, 0.05) is 12.8 Å². The number of ether oxygens (including phenoxy) is 2. The number of nitrogens with one attached hydrogen (secondary N) is 1. The molecule has 0 aliphatic carbocycles. The highest BCUT2D eigenvalue weighted by Crippen LogP contribution is 2.10. The van der Waals surface area contributed by atoms with Crippen LogP contribution in [-0.4, -0.2) is 37.2 Å². The lowest BCUT2D eigenvalue weighted by Crippen LogP contribution is -2.16. The van der Waals surface area contributed by atoms with E-state index in [1.54, 1.807) is 0 Å². The van der Waals surface area contributed by atoms with Crippen LogP contribution in [0.1, 0.15) is 169 Å². The molecule has 0 aromatic heterocycles. The summed E-state index contributed by atoms with van der Waals surface area (Å²) >= 11 is 0. The first kappa shape index (κ1) is 39.4. The summed E-state index contributed by atoms with van der Waals surface area (Å²) in [6.45, 7) is 10.5. The number of carbonyl (C=O) groups excluding carboxylic acids is 2. The second-order valence-electron chi connectivity index (χ2n) is 11.7. The monoisotopic (exact) mass is 578 g/mol. The van der Waals surface area contributed by atoms with E-state index in [-0.39, 0.29) is 24.1 Å². The summed E-state index contributed by atoms with van der Waals surface area (Å²) in [5.74, 6) is -0.138. The van der Waals surface area contributed by atoms with Crippen LogP contribution in [0.4, 0.5) is 0 Å². The molecule has 0 radical (unpaired) electrons. The van der Waals surface area contributed by atoms with Crippen LogP contribution in [0.2, 0.25) is 0 Å². The first-order valence-electron chi connectivity index (χ1n) is 17.4. The lowest BCUT2D eigenvalue weighted by atomic mass is 10.1. The molecule has 0 aliphatic rings. The minimum absolute atomic E-state index is 0.0689. The molecule has 0 spiro atoms. The summed E-state index contributed by atoms with van der Waals surface area (Å²) in [7, 11) is 0. The maximum Gasteiger partial charge on any atom is 0.306 e. The molecular weight excluding hydrogens is 510 g/mol. The second kappa shape index (κ2) is 31.3. The van der Waals surface area contributed by atoms with E-state index in [4.69, 9.17) is 9.47 Å². The summed E-state index contributed by atoms with van der Waals surface area (Å²) < 4.78 is 11.0. The number of hydrogen-bond donors (Lipinski definition) is 1. The Kier molecular flexibility index (Phi) is 30.1. The zero-order valence-electron chi connectivity index (χ0n) is 27.6. The lowest BCUT2D eigenvalue weighted by molar-refractivity contribution is -0.147. The fourth-order valence-electron chi connectivity index (χ4n) is 4.79. The molecule has 0 bridgehead atoms. The van der Waals surface area contributed by atoms with Gasteiger partial charge in [0.05, 0.1) is 0 Å². The third-order valence-electron chi connectivity index (χ3n) is 7.37. The summed E-state index contributed by atoms with van der Waals surface area (Å²) in [6, 6.07) is 0. The molecule has 0 aromatic carbocycles. The van der Waals surface area contributed by atoms with Gasteiger partial charge in [-0.25, -0.2) is 0 Å². The summed E-state index contributed by atoms with van der Waals surface area (Å²) in [5, 5.41) is 3.55. The molecule has 0 fully saturated rings. The van der Waals surface area contributed by atoms with Crippen LogP contribution in [0, 0.1) is 0 Å². The van der Waals surface area contributed by atoms with Gasteiger partial charge >= 0.3 is 11.9 Å². The Morgan fingerprint density at radius 1 is 0.537 bits per heavy atom. The Balaban J connectivity index is 3.42. The predicted molar refractivity (Wildman–Crippen MR) is 175 cm³/mol. The minimum atomic E-state index is -0.116. The van der Waals surface area contributed by atoms with Crippen LogP contribution in [0.5, 0.6) is 0 Å². The molecule has 2 unspecified atom stereocenters. The third kappa shape index (κ3) is 31.2. The molecule has 0 heterocycles. The smallest absolute Gasteiger partial charge is 0.306 e. The number of unbranched alkanes of at least 4 members (excludes halogenated alkanes) is 16. The Morgan fingerprint density at radius 3 is 1.32 bits per heavy atom. The zero-order chi connectivity index (χ0) is 30.2. The predicted octanol–water partition coefficient (Wildman–Crippen LogP) is 10.2. The number of esters is 2. The lowest BCUT2D eigenvalue weighted by Gasteiger charge is -2.09. The molecule has 5 nitrogen and oxygen atoms in total. The van der Waals surface area contributed by atoms with Gasteiger partial charge in [-0.1, -0.05) is 103 Å². The number of rotatable bonds is 30. The molecule has 0 saturated heterocycles. The van der Waals surface area contributed by atoms with Crippen molar-refractivity contribution in [2.45, 2.75) is 181 Å². The Hall–Kier alpha value is -1.62. The van der Waals surface area contributed by atoms with Crippen LogP contribution in [0.3, 0.4) is 0 Å². The molecule has 41 heavy (non-hydrogen) atoms. The minimum Gasteiger partial charge on any atom is -0.458 e. The Labute approximate surface area is 254 Å². The Morgan fingerprint density at radius 2 is 0.902 bits per heavy atom. The van der Waals surface area contributed by atoms with Crippen molar-refractivity contribution in [1.82, 2.24) is 5.32 Å². The molecule has 0 rings (SSSR count). The largest absolute Gasteiger partial charge is 0.458 e. The van der Waals surface area contributed by atoms with E-state index in [0.29, 0.717) is 12.8 Å². The van der Waals surface area contributed by atoms with Gasteiger partial charge in [0.2, 0.25) is 0 Å². The number of allylic oxidation sites excluding steroid dienone is 2. The van der Waals surface area contributed by atoms with Gasteiger partial charge in [0.25, 0.3) is 0 Å². The Bertz CT molecular complexity index is 591. The molecule has 0 aliphatic heterocycles. The van der Waals surface area contributed by atoms with E-state index >= 15 is 0 Å². The summed E-state index contributed by atoms with van der Waals surface area (Å²) in [4.78, 5) is 24.0. The van der Waals surface area contributed by atoms with Gasteiger partial charge in [0.1, 0.15) is 12.2 Å². The number of hydrogen-bond acceptors (Lipinski definition) is 5. The standard InChI is InChI=1S/C36H67NO4/c1-5-7-9-11-15-21-27-33(3)40-35(38)29-23-17-13-19-25-31-37-32-26-20-14-18-24-30-36(39)41-34(4)28-22-16-12-10-8-6-2/h21-22,27-28,33-34,37H,5-20,23-26,29-32H2,1-4H3. The summed E-state index contributed by atoms with van der Waals surface area (Å²) in [5.41, 5.74) is 0. The van der Waals surface area contributed by atoms with Gasteiger partial charge < -0.3 is 14.8 Å². The summed E-state index contributed by atoms with van der Waals surface area (Å²) in [6.07, 6.45) is 32.7. The van der Waals surface area contributed by atoms with Crippen molar-refractivity contribution in [3.8, 4) is 0 Å². The fraction of sp³-hybridized carbons (Fsp3) is 0.833. The van der Waals surface area contributed by atoms with Gasteiger partial charge in [-0.15, -0.1) is 0 Å². The van der Waals surface area contributed by atoms with Crippen LogP contribution in [0.15, 0.2) is 24.3 Å². The first-order chi connectivity index (χ1) is 20.0. The second-order valence-corrected chi connectivity index (χ2v) is 11.7. The van der Waals surface area contributed by atoms with E-state index in [9.17, 15) is 9.59 Å². The van der Waals surface area contributed by atoms with Crippen molar-refractivity contribution in [2.75, 3.05) is 13.1 Å². The van der Waals surface area contributed by atoms with Crippen molar-refractivity contribution >= 4 is 11.9 Å². The van der Waals surface area contributed by atoms with Crippen molar-refractivity contribution in [3.05, 3.63) is 24.3 Å². The van der Waals surface area contributed by atoms with Gasteiger partial charge in [0.15, 0.2) is 0 Å². The molecular formula is C36H67NO4. The normalized spacial score (nSPS) is 13.2. The molecule has 240 valence electrons.